The number of nitrogens with zero attached hydrogens (tertiary/aromatic N) is 1. The lowest BCUT2D eigenvalue weighted by atomic mass is 10.0. The third kappa shape index (κ3) is 1.35. The van der Waals surface area contributed by atoms with Gasteiger partial charge in [0, 0.05) is 11.8 Å². The summed E-state index contributed by atoms with van der Waals surface area (Å²) in [6, 6.07) is 8.96. The molecule has 90 valence electrons. The van der Waals surface area contributed by atoms with E-state index in [0.29, 0.717) is 6.54 Å². The minimum absolute atomic E-state index is 0.676. The first kappa shape index (κ1) is 10.5. The maximum absolute atomic E-state index is 5.63. The number of fused-ring (bicyclic) bond motifs is 2. The number of aromatic nitrogens is 1. The summed E-state index contributed by atoms with van der Waals surface area (Å²) in [4.78, 5) is 4.78. The first-order valence-electron chi connectivity index (χ1n) is 6.40. The number of rotatable bonds is 2. The lowest BCUT2D eigenvalue weighted by Crippen LogP contribution is -2.01. The van der Waals surface area contributed by atoms with Crippen LogP contribution in [0.15, 0.2) is 24.3 Å². The molecule has 0 saturated carbocycles. The van der Waals surface area contributed by atoms with Crippen LogP contribution in [0.4, 0.5) is 0 Å². The van der Waals surface area contributed by atoms with Crippen LogP contribution in [-0.4, -0.2) is 11.5 Å². The second kappa shape index (κ2) is 3.77. The van der Waals surface area contributed by atoms with Crippen molar-refractivity contribution in [2.75, 3.05) is 6.54 Å². The van der Waals surface area contributed by atoms with Crippen LogP contribution in [-0.2, 0) is 19.3 Å². The SMILES string of the molecule is NCCc1nc2c(cc3c4c(cccc42)CC3)s1. The predicted molar refractivity (Wildman–Crippen MR) is 77.3 cm³/mol. The molecule has 18 heavy (non-hydrogen) atoms. The van der Waals surface area contributed by atoms with Crippen LogP contribution < -0.4 is 5.73 Å². The molecule has 2 nitrogen and oxygen atoms in total. The highest BCUT2D eigenvalue weighted by molar-refractivity contribution is 7.18. The van der Waals surface area contributed by atoms with E-state index in [1.807, 2.05) is 0 Å². The first-order valence-corrected chi connectivity index (χ1v) is 7.21. The molecule has 0 fully saturated rings. The van der Waals surface area contributed by atoms with Gasteiger partial charge in [-0.05, 0) is 42.0 Å². The fourth-order valence-corrected chi connectivity index (χ4v) is 4.05. The van der Waals surface area contributed by atoms with Crippen molar-refractivity contribution >= 4 is 32.3 Å². The van der Waals surface area contributed by atoms with Gasteiger partial charge in [-0.15, -0.1) is 11.3 Å². The van der Waals surface area contributed by atoms with Crippen LogP contribution in [0.2, 0.25) is 0 Å². The Morgan fingerprint density at radius 1 is 1.22 bits per heavy atom. The van der Waals surface area contributed by atoms with Crippen molar-refractivity contribution in [3.05, 3.63) is 40.4 Å². The zero-order chi connectivity index (χ0) is 12.1. The van der Waals surface area contributed by atoms with Crippen molar-refractivity contribution in [2.45, 2.75) is 19.3 Å². The van der Waals surface area contributed by atoms with Crippen molar-refractivity contribution in [2.24, 2.45) is 5.73 Å². The van der Waals surface area contributed by atoms with Crippen LogP contribution in [0.3, 0.4) is 0 Å². The van der Waals surface area contributed by atoms with Crippen LogP contribution in [0.25, 0.3) is 21.0 Å². The Hall–Kier alpha value is -1.45. The summed E-state index contributed by atoms with van der Waals surface area (Å²) in [5.41, 5.74) is 9.78. The normalized spacial score (nSPS) is 13.8. The van der Waals surface area contributed by atoms with E-state index in [4.69, 9.17) is 10.7 Å². The van der Waals surface area contributed by atoms with Gasteiger partial charge >= 0.3 is 0 Å². The van der Waals surface area contributed by atoms with Crippen molar-refractivity contribution in [1.29, 1.82) is 0 Å². The molecule has 1 aliphatic rings. The Kier molecular flexibility index (Phi) is 2.19. The molecule has 2 aromatic carbocycles. The summed E-state index contributed by atoms with van der Waals surface area (Å²) in [6.45, 7) is 0.676. The van der Waals surface area contributed by atoms with Crippen LogP contribution in [0.1, 0.15) is 16.1 Å². The Labute approximate surface area is 109 Å². The third-order valence-electron chi connectivity index (χ3n) is 3.75. The molecule has 0 atom stereocenters. The molecule has 1 aliphatic carbocycles. The molecule has 0 aliphatic heterocycles. The number of hydrogen-bond donors (Lipinski definition) is 1. The van der Waals surface area contributed by atoms with Gasteiger partial charge in [0.25, 0.3) is 0 Å². The monoisotopic (exact) mass is 254 g/mol. The average molecular weight is 254 g/mol. The van der Waals surface area contributed by atoms with Crippen molar-refractivity contribution in [3.63, 3.8) is 0 Å². The summed E-state index contributed by atoms with van der Waals surface area (Å²) < 4.78 is 1.32. The molecule has 0 spiro atoms. The lowest BCUT2D eigenvalue weighted by molar-refractivity contribution is 0.958. The maximum Gasteiger partial charge on any atom is 0.0951 e. The highest BCUT2D eigenvalue weighted by Crippen LogP contribution is 2.37. The standard InChI is InChI=1S/C15H14N2S/c16-7-6-13-17-15-11-3-1-2-9-4-5-10(14(9)11)8-12(15)18-13/h1-3,8H,4-7,16H2. The van der Waals surface area contributed by atoms with Crippen LogP contribution in [0, 0.1) is 0 Å². The van der Waals surface area contributed by atoms with E-state index in [1.165, 1.54) is 45.0 Å². The molecule has 0 unspecified atom stereocenters. The first-order chi connectivity index (χ1) is 8.86. The smallest absolute Gasteiger partial charge is 0.0951 e. The van der Waals surface area contributed by atoms with Gasteiger partial charge in [0.05, 0.1) is 15.2 Å². The quantitative estimate of drug-likeness (QED) is 0.763. The Morgan fingerprint density at radius 3 is 3.00 bits per heavy atom. The molecule has 0 saturated heterocycles. The van der Waals surface area contributed by atoms with Gasteiger partial charge in [-0.25, -0.2) is 4.98 Å². The van der Waals surface area contributed by atoms with E-state index < -0.39 is 0 Å². The molecular weight excluding hydrogens is 240 g/mol. The lowest BCUT2D eigenvalue weighted by Gasteiger charge is -2.02. The number of thiazole rings is 1. The van der Waals surface area contributed by atoms with Crippen LogP contribution >= 0.6 is 11.3 Å². The van der Waals surface area contributed by atoms with Gasteiger partial charge in [0.1, 0.15) is 0 Å². The Balaban J connectivity index is 2.12. The van der Waals surface area contributed by atoms with Gasteiger partial charge in [-0.1, -0.05) is 18.2 Å². The second-order valence-electron chi connectivity index (χ2n) is 4.87. The van der Waals surface area contributed by atoms with Gasteiger partial charge < -0.3 is 5.73 Å². The maximum atomic E-state index is 5.63. The van der Waals surface area contributed by atoms with E-state index in [2.05, 4.69) is 24.3 Å². The predicted octanol–water partition coefficient (Wildman–Crippen LogP) is 3.05. The molecule has 2 N–H and O–H groups in total. The summed E-state index contributed by atoms with van der Waals surface area (Å²) >= 11 is 1.80. The molecule has 3 heteroatoms. The fourth-order valence-electron chi connectivity index (χ4n) is 2.98. The fraction of sp³-hybridized carbons (Fsp3) is 0.267. The topological polar surface area (TPSA) is 38.9 Å². The van der Waals surface area contributed by atoms with Crippen molar-refractivity contribution in [1.82, 2.24) is 4.98 Å². The highest BCUT2D eigenvalue weighted by atomic mass is 32.1. The van der Waals surface area contributed by atoms with Gasteiger partial charge in [0.2, 0.25) is 0 Å². The number of benzene rings is 2. The highest BCUT2D eigenvalue weighted by Gasteiger charge is 2.18. The zero-order valence-electron chi connectivity index (χ0n) is 10.1. The van der Waals surface area contributed by atoms with Gasteiger partial charge in [0.15, 0.2) is 0 Å². The number of aryl methyl sites for hydroxylation is 2. The van der Waals surface area contributed by atoms with E-state index in [-0.39, 0.29) is 0 Å². The second-order valence-corrected chi connectivity index (χ2v) is 5.98. The van der Waals surface area contributed by atoms with E-state index >= 15 is 0 Å². The van der Waals surface area contributed by atoms with Gasteiger partial charge in [-0.2, -0.15) is 0 Å². The van der Waals surface area contributed by atoms with E-state index in [1.54, 1.807) is 11.3 Å². The largest absolute Gasteiger partial charge is 0.330 e. The molecule has 0 amide bonds. The molecule has 1 aromatic heterocycles. The Morgan fingerprint density at radius 2 is 2.11 bits per heavy atom. The molecule has 0 radical (unpaired) electrons. The van der Waals surface area contributed by atoms with E-state index in [0.717, 1.165) is 11.4 Å². The molecule has 3 aromatic rings. The third-order valence-corrected chi connectivity index (χ3v) is 4.81. The average Bonchev–Trinajstić information content (AvgIpc) is 2.96. The van der Waals surface area contributed by atoms with Gasteiger partial charge in [-0.3, -0.25) is 0 Å². The summed E-state index contributed by atoms with van der Waals surface area (Å²) in [7, 11) is 0. The van der Waals surface area contributed by atoms with Crippen molar-refractivity contribution in [3.8, 4) is 0 Å². The summed E-state index contributed by atoms with van der Waals surface area (Å²) in [5.74, 6) is 0. The summed E-state index contributed by atoms with van der Waals surface area (Å²) in [6.07, 6.45) is 3.24. The molecular formula is C15H14N2S. The molecule has 4 rings (SSSR count). The molecule has 1 heterocycles. The van der Waals surface area contributed by atoms with E-state index in [9.17, 15) is 0 Å². The van der Waals surface area contributed by atoms with Crippen molar-refractivity contribution < 1.29 is 0 Å². The number of nitrogens with two attached hydrogens (primary N) is 1. The molecule has 0 bridgehead atoms. The number of hydrogen-bond acceptors (Lipinski definition) is 3. The zero-order valence-corrected chi connectivity index (χ0v) is 10.9. The minimum atomic E-state index is 0.676. The Bertz CT molecular complexity index is 758. The van der Waals surface area contributed by atoms with Crippen LogP contribution in [0.5, 0.6) is 0 Å². The summed E-state index contributed by atoms with van der Waals surface area (Å²) in [5, 5.41) is 3.95. The minimum Gasteiger partial charge on any atom is -0.330 e.